The Balaban J connectivity index is 2.56. The van der Waals surface area contributed by atoms with Crippen LogP contribution in [-0.4, -0.2) is 22.5 Å². The number of hydrogen-bond acceptors (Lipinski definition) is 4. The summed E-state index contributed by atoms with van der Waals surface area (Å²) in [4.78, 5) is 20.2. The number of carboxylic acids is 1. The number of carbonyl (C=O) groups is 1. The van der Waals surface area contributed by atoms with Gasteiger partial charge in [-0.3, -0.25) is 14.9 Å². The Labute approximate surface area is 113 Å². The molecule has 1 aromatic rings. The summed E-state index contributed by atoms with van der Waals surface area (Å²) in [5.74, 6) is -3.35. The summed E-state index contributed by atoms with van der Waals surface area (Å²) in [6, 6.07) is 1.59. The lowest BCUT2D eigenvalue weighted by Crippen LogP contribution is -2.08. The molecule has 0 aliphatic heterocycles. The third kappa shape index (κ3) is 4.45. The van der Waals surface area contributed by atoms with Gasteiger partial charge in [0.15, 0.2) is 17.3 Å². The van der Waals surface area contributed by atoms with Gasteiger partial charge in [-0.2, -0.15) is 0 Å². The van der Waals surface area contributed by atoms with Crippen molar-refractivity contribution in [1.82, 2.24) is 0 Å². The van der Waals surface area contributed by atoms with Crippen LogP contribution in [0.2, 0.25) is 0 Å². The Morgan fingerprint density at radius 3 is 2.60 bits per heavy atom. The van der Waals surface area contributed by atoms with Crippen LogP contribution in [0, 0.1) is 21.7 Å². The van der Waals surface area contributed by atoms with Gasteiger partial charge in [-0.25, -0.2) is 8.78 Å². The number of aliphatic carboxylic acids is 1. The lowest BCUT2D eigenvalue weighted by Gasteiger charge is -2.08. The SMILES string of the molecule is O=C(O)CCCCCNc1c([N+](=O)[O-])ccc(F)c1F. The highest BCUT2D eigenvalue weighted by Gasteiger charge is 2.20. The highest BCUT2D eigenvalue weighted by Crippen LogP contribution is 2.29. The smallest absolute Gasteiger partial charge is 0.303 e. The van der Waals surface area contributed by atoms with E-state index in [2.05, 4.69) is 5.32 Å². The van der Waals surface area contributed by atoms with Crippen LogP contribution in [0.5, 0.6) is 0 Å². The van der Waals surface area contributed by atoms with Gasteiger partial charge in [0.25, 0.3) is 5.69 Å². The summed E-state index contributed by atoms with van der Waals surface area (Å²) in [7, 11) is 0. The van der Waals surface area contributed by atoms with Crippen LogP contribution in [0.3, 0.4) is 0 Å². The maximum Gasteiger partial charge on any atom is 0.303 e. The first-order chi connectivity index (χ1) is 9.43. The van der Waals surface area contributed by atoms with E-state index in [4.69, 9.17) is 5.11 Å². The van der Waals surface area contributed by atoms with Gasteiger partial charge < -0.3 is 10.4 Å². The monoisotopic (exact) mass is 288 g/mol. The van der Waals surface area contributed by atoms with E-state index in [1.165, 1.54) is 0 Å². The van der Waals surface area contributed by atoms with Crippen LogP contribution in [0.15, 0.2) is 12.1 Å². The van der Waals surface area contributed by atoms with Crippen molar-refractivity contribution in [2.75, 3.05) is 11.9 Å². The molecular formula is C12H14F2N2O4. The molecule has 0 bridgehead atoms. The predicted molar refractivity (Wildman–Crippen MR) is 67.6 cm³/mol. The summed E-state index contributed by atoms with van der Waals surface area (Å²) in [5.41, 5.74) is -1.01. The zero-order valence-corrected chi connectivity index (χ0v) is 10.6. The number of nitrogens with one attached hydrogen (secondary N) is 1. The third-order valence-electron chi connectivity index (χ3n) is 2.64. The maximum atomic E-state index is 13.5. The number of unbranched alkanes of at least 4 members (excludes halogenated alkanes) is 2. The lowest BCUT2D eigenvalue weighted by atomic mass is 10.2. The van der Waals surface area contributed by atoms with Crippen LogP contribution < -0.4 is 5.32 Å². The van der Waals surface area contributed by atoms with Gasteiger partial charge in [0, 0.05) is 19.0 Å². The number of nitro benzene ring substituents is 1. The molecule has 110 valence electrons. The Morgan fingerprint density at radius 2 is 2.00 bits per heavy atom. The van der Waals surface area contributed by atoms with Gasteiger partial charge in [0.1, 0.15) is 0 Å². The number of hydrogen-bond donors (Lipinski definition) is 2. The number of anilines is 1. The molecule has 1 rings (SSSR count). The highest BCUT2D eigenvalue weighted by atomic mass is 19.2. The molecule has 0 atom stereocenters. The quantitative estimate of drug-likeness (QED) is 0.436. The molecule has 6 nitrogen and oxygen atoms in total. The first-order valence-electron chi connectivity index (χ1n) is 6.01. The van der Waals surface area contributed by atoms with E-state index >= 15 is 0 Å². The number of rotatable bonds is 8. The third-order valence-corrected chi connectivity index (χ3v) is 2.64. The van der Waals surface area contributed by atoms with E-state index in [-0.39, 0.29) is 13.0 Å². The molecule has 0 aromatic heterocycles. The van der Waals surface area contributed by atoms with E-state index in [0.717, 1.165) is 6.07 Å². The van der Waals surface area contributed by atoms with E-state index in [0.29, 0.717) is 25.3 Å². The van der Waals surface area contributed by atoms with Crippen LogP contribution in [0.4, 0.5) is 20.2 Å². The molecular weight excluding hydrogens is 274 g/mol. The van der Waals surface area contributed by atoms with Crippen molar-refractivity contribution in [2.24, 2.45) is 0 Å². The van der Waals surface area contributed by atoms with E-state index in [1.807, 2.05) is 0 Å². The molecule has 0 amide bonds. The van der Waals surface area contributed by atoms with Crippen molar-refractivity contribution < 1.29 is 23.6 Å². The van der Waals surface area contributed by atoms with Crippen molar-refractivity contribution >= 4 is 17.3 Å². The van der Waals surface area contributed by atoms with Gasteiger partial charge >= 0.3 is 5.97 Å². The number of nitrogens with zero attached hydrogens (tertiary/aromatic N) is 1. The summed E-state index contributed by atoms with van der Waals surface area (Å²) >= 11 is 0. The molecule has 0 heterocycles. The zero-order chi connectivity index (χ0) is 15.1. The number of halogens is 2. The summed E-state index contributed by atoms with van der Waals surface area (Å²) in [5, 5.41) is 21.6. The standard InChI is InChI=1S/C12H14F2N2O4/c13-8-5-6-9(16(19)20)12(11(8)14)15-7-3-1-2-4-10(17)18/h5-6,15H,1-4,7H2,(H,17,18). The molecule has 2 N–H and O–H groups in total. The molecule has 0 unspecified atom stereocenters. The van der Waals surface area contributed by atoms with E-state index < -0.39 is 33.9 Å². The van der Waals surface area contributed by atoms with Gasteiger partial charge in [-0.1, -0.05) is 6.42 Å². The maximum absolute atomic E-state index is 13.5. The van der Waals surface area contributed by atoms with Crippen molar-refractivity contribution in [1.29, 1.82) is 0 Å². The fourth-order valence-corrected chi connectivity index (χ4v) is 1.65. The highest BCUT2D eigenvalue weighted by molar-refractivity contribution is 5.66. The number of carboxylic acid groups (broad SMARTS) is 1. The molecule has 0 aliphatic carbocycles. The number of nitro groups is 1. The molecule has 20 heavy (non-hydrogen) atoms. The minimum Gasteiger partial charge on any atom is -0.481 e. The molecule has 0 fully saturated rings. The fourth-order valence-electron chi connectivity index (χ4n) is 1.65. The van der Waals surface area contributed by atoms with Crippen molar-refractivity contribution in [2.45, 2.75) is 25.7 Å². The lowest BCUT2D eigenvalue weighted by molar-refractivity contribution is -0.384. The van der Waals surface area contributed by atoms with Gasteiger partial charge in [-0.15, -0.1) is 0 Å². The van der Waals surface area contributed by atoms with Crippen LogP contribution in [-0.2, 0) is 4.79 Å². The normalized spacial score (nSPS) is 10.3. The Morgan fingerprint density at radius 1 is 1.30 bits per heavy atom. The average Bonchev–Trinajstić information content (AvgIpc) is 2.37. The summed E-state index contributed by atoms with van der Waals surface area (Å²) in [6.45, 7) is 0.195. The van der Waals surface area contributed by atoms with Gasteiger partial charge in [-0.05, 0) is 18.9 Å². The van der Waals surface area contributed by atoms with Crippen molar-refractivity contribution in [3.63, 3.8) is 0 Å². The molecule has 0 saturated heterocycles. The van der Waals surface area contributed by atoms with E-state index in [9.17, 15) is 23.7 Å². The van der Waals surface area contributed by atoms with Crippen LogP contribution >= 0.6 is 0 Å². The van der Waals surface area contributed by atoms with Crippen LogP contribution in [0.1, 0.15) is 25.7 Å². The van der Waals surface area contributed by atoms with Crippen LogP contribution in [0.25, 0.3) is 0 Å². The predicted octanol–water partition coefficient (Wildman–Crippen LogP) is 2.93. The molecule has 8 heteroatoms. The summed E-state index contributed by atoms with van der Waals surface area (Å²) < 4.78 is 26.5. The minimum atomic E-state index is -1.29. The largest absolute Gasteiger partial charge is 0.481 e. The molecule has 0 aliphatic rings. The Hall–Kier alpha value is -2.25. The molecule has 0 saturated carbocycles. The number of benzene rings is 1. The Kier molecular flexibility index (Phi) is 5.82. The average molecular weight is 288 g/mol. The van der Waals surface area contributed by atoms with Crippen molar-refractivity contribution in [3.8, 4) is 0 Å². The first-order valence-corrected chi connectivity index (χ1v) is 6.01. The van der Waals surface area contributed by atoms with E-state index in [1.54, 1.807) is 0 Å². The molecule has 0 spiro atoms. The van der Waals surface area contributed by atoms with Gasteiger partial charge in [0.2, 0.25) is 0 Å². The zero-order valence-electron chi connectivity index (χ0n) is 10.6. The second-order valence-electron chi connectivity index (χ2n) is 4.14. The van der Waals surface area contributed by atoms with Crippen molar-refractivity contribution in [3.05, 3.63) is 33.9 Å². The minimum absolute atomic E-state index is 0.0362. The summed E-state index contributed by atoms with van der Waals surface area (Å²) in [6.07, 6.45) is 1.57. The molecule has 1 aromatic carbocycles. The first kappa shape index (κ1) is 15.8. The Bertz CT molecular complexity index is 508. The fraction of sp³-hybridized carbons (Fsp3) is 0.417. The second kappa shape index (κ2) is 7.37. The topological polar surface area (TPSA) is 92.5 Å². The van der Waals surface area contributed by atoms with Gasteiger partial charge in [0.05, 0.1) is 4.92 Å². The second-order valence-corrected chi connectivity index (χ2v) is 4.14. The molecule has 0 radical (unpaired) electrons.